The number of benzene rings is 1. The topological polar surface area (TPSA) is 3.24 Å². The third-order valence-corrected chi connectivity index (χ3v) is 3.12. The van der Waals surface area contributed by atoms with Gasteiger partial charge in [0.05, 0.1) is 0 Å². The van der Waals surface area contributed by atoms with E-state index in [4.69, 9.17) is 0 Å². The Morgan fingerprint density at radius 3 is 2.35 bits per heavy atom. The molecular formula is C14H20BrMgN. The molecule has 0 amide bonds. The molecule has 1 aromatic carbocycles. The van der Waals surface area contributed by atoms with Crippen molar-refractivity contribution in [2.24, 2.45) is 0 Å². The van der Waals surface area contributed by atoms with E-state index in [9.17, 15) is 0 Å². The van der Waals surface area contributed by atoms with Crippen LogP contribution < -0.4 is 21.9 Å². The number of hydrogen-bond donors (Lipinski definition) is 0. The summed E-state index contributed by atoms with van der Waals surface area (Å²) in [5.41, 5.74) is 2.62. The molecule has 0 aromatic heterocycles. The molecule has 0 bridgehead atoms. The van der Waals surface area contributed by atoms with Gasteiger partial charge in [-0.3, -0.25) is 0 Å². The first-order valence-electron chi connectivity index (χ1n) is 6.04. The number of nitrogens with zero attached hydrogens (tertiary/aromatic N) is 1. The van der Waals surface area contributed by atoms with Gasteiger partial charge in [0, 0.05) is 13.1 Å². The maximum atomic E-state index is 3.54. The van der Waals surface area contributed by atoms with E-state index in [2.05, 4.69) is 43.0 Å². The molecule has 2 rings (SSSR count). The van der Waals surface area contributed by atoms with Crippen LogP contribution in [0.2, 0.25) is 0 Å². The summed E-state index contributed by atoms with van der Waals surface area (Å²) in [6, 6.07) is 10.1. The summed E-state index contributed by atoms with van der Waals surface area (Å²) < 4.78 is 0. The SMILES string of the molecule is CC(C)c1[c-]c(N2CCCCC2)ccc1.[Br-].[Mg+2]. The summed E-state index contributed by atoms with van der Waals surface area (Å²) in [7, 11) is 0. The van der Waals surface area contributed by atoms with Gasteiger partial charge in [-0.15, -0.1) is 6.07 Å². The van der Waals surface area contributed by atoms with E-state index in [0.29, 0.717) is 5.92 Å². The standard InChI is InChI=1S/C14H20N.BrH.Mg/c1-12(2)13-7-6-8-14(11-13)15-9-4-3-5-10-15;;/h6-8,12H,3-5,9-10H2,1-2H3;1H;/q-1;;+2/p-1. The molecule has 3 heteroatoms. The second-order valence-corrected chi connectivity index (χ2v) is 4.69. The Morgan fingerprint density at radius 1 is 1.12 bits per heavy atom. The van der Waals surface area contributed by atoms with Crippen LogP contribution >= 0.6 is 0 Å². The molecule has 0 N–H and O–H groups in total. The number of piperidine rings is 1. The van der Waals surface area contributed by atoms with Crippen molar-refractivity contribution in [2.75, 3.05) is 18.0 Å². The van der Waals surface area contributed by atoms with Crippen LogP contribution in [0.25, 0.3) is 0 Å². The first-order valence-corrected chi connectivity index (χ1v) is 6.04. The Kier molecular flexibility index (Phi) is 8.51. The molecule has 0 saturated carbocycles. The van der Waals surface area contributed by atoms with Gasteiger partial charge < -0.3 is 21.9 Å². The molecule has 0 atom stereocenters. The van der Waals surface area contributed by atoms with Crippen LogP contribution in [0.15, 0.2) is 18.2 Å². The fourth-order valence-corrected chi connectivity index (χ4v) is 2.13. The van der Waals surface area contributed by atoms with Crippen LogP contribution in [-0.2, 0) is 0 Å². The normalized spacial score (nSPS) is 15.1. The maximum absolute atomic E-state index is 3.54. The van der Waals surface area contributed by atoms with E-state index < -0.39 is 0 Å². The quantitative estimate of drug-likeness (QED) is 0.558. The maximum Gasteiger partial charge on any atom is 2.00 e. The minimum Gasteiger partial charge on any atom is -1.00 e. The Hall–Kier alpha value is 0.266. The summed E-state index contributed by atoms with van der Waals surface area (Å²) in [6.07, 6.45) is 4.06. The smallest absolute Gasteiger partial charge is 1.00 e. The van der Waals surface area contributed by atoms with Crippen molar-refractivity contribution in [3.8, 4) is 0 Å². The fraction of sp³-hybridized carbons (Fsp3) is 0.571. The molecule has 1 heterocycles. The van der Waals surface area contributed by atoms with Crippen LogP contribution in [0.1, 0.15) is 44.6 Å². The van der Waals surface area contributed by atoms with E-state index in [-0.39, 0.29) is 40.0 Å². The molecule has 1 saturated heterocycles. The summed E-state index contributed by atoms with van der Waals surface area (Å²) in [4.78, 5) is 2.47. The van der Waals surface area contributed by atoms with Crippen molar-refractivity contribution in [1.29, 1.82) is 0 Å². The zero-order valence-electron chi connectivity index (χ0n) is 10.9. The molecule has 17 heavy (non-hydrogen) atoms. The van der Waals surface area contributed by atoms with Crippen LogP contribution in [0.5, 0.6) is 0 Å². The largest absolute Gasteiger partial charge is 2.00 e. The van der Waals surface area contributed by atoms with Gasteiger partial charge in [0.1, 0.15) is 0 Å². The number of hydrogen-bond acceptors (Lipinski definition) is 1. The molecule has 1 aliphatic rings. The molecule has 0 unspecified atom stereocenters. The van der Waals surface area contributed by atoms with Gasteiger partial charge in [0.2, 0.25) is 0 Å². The summed E-state index contributed by atoms with van der Waals surface area (Å²) in [5, 5.41) is 0. The van der Waals surface area contributed by atoms with Crippen molar-refractivity contribution in [1.82, 2.24) is 0 Å². The molecule has 90 valence electrons. The molecule has 1 aromatic rings. The monoisotopic (exact) mass is 305 g/mol. The van der Waals surface area contributed by atoms with Crippen molar-refractivity contribution < 1.29 is 17.0 Å². The predicted molar refractivity (Wildman–Crippen MR) is 71.2 cm³/mol. The van der Waals surface area contributed by atoms with Gasteiger partial charge in [-0.05, 0) is 25.2 Å². The van der Waals surface area contributed by atoms with Gasteiger partial charge in [0.15, 0.2) is 0 Å². The second-order valence-electron chi connectivity index (χ2n) is 4.69. The van der Waals surface area contributed by atoms with E-state index in [0.717, 1.165) is 0 Å². The fourth-order valence-electron chi connectivity index (χ4n) is 2.13. The summed E-state index contributed by atoms with van der Waals surface area (Å²) in [5.74, 6) is 0.578. The van der Waals surface area contributed by atoms with Crippen LogP contribution in [0.4, 0.5) is 5.69 Å². The Balaban J connectivity index is 0.00000128. The third kappa shape index (κ3) is 4.80. The minimum atomic E-state index is 0. The average molecular weight is 307 g/mol. The second kappa shape index (κ2) is 8.38. The van der Waals surface area contributed by atoms with Gasteiger partial charge in [-0.2, -0.15) is 23.8 Å². The predicted octanol–water partition coefficient (Wildman–Crippen LogP) is 0.224. The van der Waals surface area contributed by atoms with Crippen molar-refractivity contribution in [3.63, 3.8) is 0 Å². The molecular weight excluding hydrogens is 286 g/mol. The van der Waals surface area contributed by atoms with E-state index >= 15 is 0 Å². The van der Waals surface area contributed by atoms with Crippen molar-refractivity contribution >= 4 is 28.7 Å². The Morgan fingerprint density at radius 2 is 1.76 bits per heavy atom. The first-order chi connectivity index (χ1) is 7.27. The van der Waals surface area contributed by atoms with E-state index in [1.54, 1.807) is 0 Å². The van der Waals surface area contributed by atoms with Gasteiger partial charge in [0.25, 0.3) is 0 Å². The Labute approximate surface area is 132 Å². The van der Waals surface area contributed by atoms with Gasteiger partial charge in [-0.1, -0.05) is 19.5 Å². The van der Waals surface area contributed by atoms with E-state index in [1.807, 2.05) is 0 Å². The van der Waals surface area contributed by atoms with E-state index in [1.165, 1.54) is 43.6 Å². The third-order valence-electron chi connectivity index (χ3n) is 3.12. The zero-order valence-corrected chi connectivity index (χ0v) is 13.9. The van der Waals surface area contributed by atoms with Crippen LogP contribution in [-0.4, -0.2) is 36.1 Å². The van der Waals surface area contributed by atoms with Gasteiger partial charge in [-0.25, -0.2) is 0 Å². The Bertz CT molecular complexity index is 322. The van der Waals surface area contributed by atoms with Crippen LogP contribution in [0.3, 0.4) is 0 Å². The van der Waals surface area contributed by atoms with Crippen molar-refractivity contribution in [3.05, 3.63) is 29.8 Å². The molecule has 1 nitrogen and oxygen atoms in total. The number of anilines is 1. The summed E-state index contributed by atoms with van der Waals surface area (Å²) >= 11 is 0. The molecule has 1 fully saturated rings. The zero-order chi connectivity index (χ0) is 10.7. The molecule has 0 aliphatic carbocycles. The molecule has 1 aliphatic heterocycles. The van der Waals surface area contributed by atoms with Gasteiger partial charge >= 0.3 is 23.1 Å². The molecule has 0 radical (unpaired) electrons. The minimum absolute atomic E-state index is 0. The average Bonchev–Trinajstić information content (AvgIpc) is 2.30. The van der Waals surface area contributed by atoms with Crippen molar-refractivity contribution in [2.45, 2.75) is 39.0 Å². The number of halogens is 1. The molecule has 0 spiro atoms. The number of rotatable bonds is 2. The summed E-state index contributed by atoms with van der Waals surface area (Å²) in [6.45, 7) is 6.87. The van der Waals surface area contributed by atoms with Crippen LogP contribution in [0, 0.1) is 6.07 Å². The first kappa shape index (κ1) is 17.3.